The Kier molecular flexibility index (Phi) is 7.73. The minimum absolute atomic E-state index is 0.0556. The maximum atomic E-state index is 14.2. The molecule has 186 valence electrons. The fraction of sp³-hybridized carbons (Fsp3) is 0.375. The lowest BCUT2D eigenvalue weighted by atomic mass is 9.92. The van der Waals surface area contributed by atoms with Crippen molar-refractivity contribution < 1.29 is 23.1 Å². The Morgan fingerprint density at radius 3 is 2.60 bits per heavy atom. The van der Waals surface area contributed by atoms with E-state index in [0.717, 1.165) is 5.56 Å². The van der Waals surface area contributed by atoms with Crippen LogP contribution in [0.5, 0.6) is 0 Å². The highest BCUT2D eigenvalue weighted by molar-refractivity contribution is 6.30. The van der Waals surface area contributed by atoms with Crippen LogP contribution in [-0.2, 0) is 17.8 Å². The van der Waals surface area contributed by atoms with Crippen LogP contribution in [0, 0.1) is 11.7 Å². The van der Waals surface area contributed by atoms with Crippen LogP contribution in [0.3, 0.4) is 0 Å². The number of hydrogen-bond donors (Lipinski definition) is 3. The largest absolute Gasteiger partial charge is 0.481 e. The number of hydrogen-bond acceptors (Lipinski definition) is 5. The number of carbonyl (C=O) groups is 1. The number of carboxylic acid groups (broad SMARTS) is 1. The van der Waals surface area contributed by atoms with Gasteiger partial charge >= 0.3 is 5.97 Å². The van der Waals surface area contributed by atoms with Crippen LogP contribution < -0.4 is 5.32 Å². The number of alkyl halides is 2. The second-order valence-corrected chi connectivity index (χ2v) is 9.30. The molecule has 1 aromatic heterocycles. The number of aliphatic carboxylic acids is 1. The minimum atomic E-state index is -2.75. The highest BCUT2D eigenvalue weighted by Crippen LogP contribution is 2.29. The smallest absolute Gasteiger partial charge is 0.307 e. The van der Waals surface area contributed by atoms with E-state index < -0.39 is 30.9 Å². The van der Waals surface area contributed by atoms with Gasteiger partial charge in [0, 0.05) is 29.7 Å². The first-order valence-corrected chi connectivity index (χ1v) is 11.5. The summed E-state index contributed by atoms with van der Waals surface area (Å²) in [6.45, 7) is -0.425. The summed E-state index contributed by atoms with van der Waals surface area (Å²) in [5.74, 6) is -4.98. The molecule has 2 aromatic carbocycles. The van der Waals surface area contributed by atoms with E-state index >= 15 is 0 Å². The molecule has 3 aromatic rings. The highest BCUT2D eigenvalue weighted by Gasteiger charge is 2.45. The number of aromatic amines is 1. The Balaban J connectivity index is 1.46. The van der Waals surface area contributed by atoms with Crippen molar-refractivity contribution in [2.24, 2.45) is 5.92 Å². The van der Waals surface area contributed by atoms with E-state index in [-0.39, 0.29) is 24.8 Å². The fourth-order valence-corrected chi connectivity index (χ4v) is 4.44. The van der Waals surface area contributed by atoms with Gasteiger partial charge in [0.1, 0.15) is 5.82 Å². The molecule has 0 amide bonds. The standard InChI is InChI=1S/C24H25ClF3N5O2/c25-18-5-6-22(26)21(9-18)16-3-1-15(2-4-16)7-19(29-10-20-11-30-32-31-20)8-17(23(34)35)12-33-13-24(27,28)14-33/h1-6,9,11,17,19,29H,7-8,10,12-14H2,(H,34,35)(H,30,31,32)/t17-,19+/m0/s1. The third kappa shape index (κ3) is 6.81. The Morgan fingerprint density at radius 1 is 1.23 bits per heavy atom. The SMILES string of the molecule is O=C(O)[C@@H](C[C@@H](Cc1ccc(-c2cc(Cl)ccc2F)cc1)NCc1cn[nH]n1)CN1CC(F)(F)C1. The number of H-pyrrole nitrogens is 1. The molecule has 1 aliphatic heterocycles. The lowest BCUT2D eigenvalue weighted by Gasteiger charge is -2.40. The first kappa shape index (κ1) is 25.2. The molecule has 2 heterocycles. The molecule has 1 aliphatic rings. The summed E-state index contributed by atoms with van der Waals surface area (Å²) in [5.41, 5.74) is 2.63. The summed E-state index contributed by atoms with van der Waals surface area (Å²) < 4.78 is 40.7. The van der Waals surface area contributed by atoms with Crippen molar-refractivity contribution in [2.75, 3.05) is 19.6 Å². The van der Waals surface area contributed by atoms with Gasteiger partial charge in [-0.05, 0) is 42.2 Å². The first-order chi connectivity index (χ1) is 16.7. The zero-order valence-corrected chi connectivity index (χ0v) is 19.5. The predicted octanol–water partition coefficient (Wildman–Crippen LogP) is 4.01. The molecule has 0 bridgehead atoms. The molecule has 0 aliphatic carbocycles. The van der Waals surface area contributed by atoms with Crippen molar-refractivity contribution in [3.05, 3.63) is 70.8 Å². The fourth-order valence-electron chi connectivity index (χ4n) is 4.27. The number of nitrogens with one attached hydrogen (secondary N) is 2. The van der Waals surface area contributed by atoms with Gasteiger partial charge in [0.15, 0.2) is 0 Å². The summed E-state index contributed by atoms with van der Waals surface area (Å²) in [6, 6.07) is 11.4. The predicted molar refractivity (Wildman–Crippen MR) is 125 cm³/mol. The van der Waals surface area contributed by atoms with Gasteiger partial charge in [-0.1, -0.05) is 35.9 Å². The summed E-state index contributed by atoms with van der Waals surface area (Å²) in [4.78, 5) is 13.4. The number of carboxylic acids is 1. The van der Waals surface area contributed by atoms with Crippen LogP contribution in [0.25, 0.3) is 11.1 Å². The zero-order chi connectivity index (χ0) is 25.0. The molecule has 4 rings (SSSR count). The summed E-state index contributed by atoms with van der Waals surface area (Å²) in [6.07, 6.45) is 2.28. The molecule has 0 spiro atoms. The quantitative estimate of drug-likeness (QED) is 0.363. The normalized spacial score (nSPS) is 17.0. The maximum Gasteiger partial charge on any atom is 0.307 e. The molecule has 3 N–H and O–H groups in total. The second kappa shape index (κ2) is 10.8. The summed E-state index contributed by atoms with van der Waals surface area (Å²) in [5, 5.41) is 23.8. The van der Waals surface area contributed by atoms with E-state index in [0.29, 0.717) is 34.8 Å². The third-order valence-corrected chi connectivity index (χ3v) is 6.25. The van der Waals surface area contributed by atoms with E-state index in [1.807, 2.05) is 12.1 Å². The van der Waals surface area contributed by atoms with E-state index in [1.54, 1.807) is 24.4 Å². The van der Waals surface area contributed by atoms with Gasteiger partial charge in [-0.3, -0.25) is 9.69 Å². The van der Waals surface area contributed by atoms with Crippen LogP contribution in [0.2, 0.25) is 5.02 Å². The number of halogens is 4. The number of nitrogens with zero attached hydrogens (tertiary/aromatic N) is 3. The van der Waals surface area contributed by atoms with Crippen LogP contribution >= 0.6 is 11.6 Å². The van der Waals surface area contributed by atoms with Crippen LogP contribution in [0.1, 0.15) is 17.7 Å². The number of rotatable bonds is 11. The van der Waals surface area contributed by atoms with Crippen molar-refractivity contribution in [3.8, 4) is 11.1 Å². The second-order valence-electron chi connectivity index (χ2n) is 8.86. The van der Waals surface area contributed by atoms with Crippen molar-refractivity contribution in [3.63, 3.8) is 0 Å². The van der Waals surface area contributed by atoms with Crippen LogP contribution in [0.15, 0.2) is 48.7 Å². The highest BCUT2D eigenvalue weighted by atomic mass is 35.5. The number of aromatic nitrogens is 3. The first-order valence-electron chi connectivity index (χ1n) is 11.1. The summed E-state index contributed by atoms with van der Waals surface area (Å²) in [7, 11) is 0. The molecule has 1 saturated heterocycles. The molecule has 2 atom stereocenters. The molecule has 1 fully saturated rings. The monoisotopic (exact) mass is 507 g/mol. The molecule has 0 saturated carbocycles. The van der Waals surface area contributed by atoms with Crippen molar-refractivity contribution in [2.45, 2.75) is 31.4 Å². The molecule has 0 unspecified atom stereocenters. The molecular formula is C24H25ClF3N5O2. The minimum Gasteiger partial charge on any atom is -0.481 e. The van der Waals surface area contributed by atoms with Gasteiger partial charge in [0.05, 0.1) is 30.9 Å². The van der Waals surface area contributed by atoms with Crippen LogP contribution in [-0.4, -0.2) is 63.0 Å². The van der Waals surface area contributed by atoms with Gasteiger partial charge in [-0.15, -0.1) is 0 Å². The topological polar surface area (TPSA) is 94.1 Å². The maximum absolute atomic E-state index is 14.2. The molecule has 0 radical (unpaired) electrons. The van der Waals surface area contributed by atoms with E-state index in [1.165, 1.54) is 17.0 Å². The Labute approximate surface area is 205 Å². The Hall–Kier alpha value is -2.95. The molecule has 35 heavy (non-hydrogen) atoms. The molecule has 11 heteroatoms. The van der Waals surface area contributed by atoms with Crippen molar-refractivity contribution in [1.82, 2.24) is 25.6 Å². The average Bonchev–Trinajstić information content (AvgIpc) is 3.31. The van der Waals surface area contributed by atoms with Gasteiger partial charge in [0.2, 0.25) is 0 Å². The number of likely N-dealkylation sites (tertiary alicyclic amines) is 1. The van der Waals surface area contributed by atoms with Gasteiger partial charge in [-0.2, -0.15) is 15.4 Å². The van der Waals surface area contributed by atoms with Crippen molar-refractivity contribution in [1.29, 1.82) is 0 Å². The van der Waals surface area contributed by atoms with Gasteiger partial charge in [-0.25, -0.2) is 13.2 Å². The van der Waals surface area contributed by atoms with Crippen LogP contribution in [0.4, 0.5) is 13.2 Å². The van der Waals surface area contributed by atoms with Gasteiger partial charge in [0.25, 0.3) is 5.92 Å². The van der Waals surface area contributed by atoms with Gasteiger partial charge < -0.3 is 10.4 Å². The Morgan fingerprint density at radius 2 is 1.97 bits per heavy atom. The van der Waals surface area contributed by atoms with E-state index in [2.05, 4.69) is 20.7 Å². The zero-order valence-electron chi connectivity index (χ0n) is 18.7. The average molecular weight is 508 g/mol. The number of benzene rings is 2. The third-order valence-electron chi connectivity index (χ3n) is 6.02. The molecular weight excluding hydrogens is 483 g/mol. The van der Waals surface area contributed by atoms with Crippen molar-refractivity contribution >= 4 is 17.6 Å². The van der Waals surface area contributed by atoms with E-state index in [9.17, 15) is 23.1 Å². The van der Waals surface area contributed by atoms with E-state index in [4.69, 9.17) is 11.6 Å². The summed E-state index contributed by atoms with van der Waals surface area (Å²) >= 11 is 6.00. The Bertz CT molecular complexity index is 1140. The molecule has 7 nitrogen and oxygen atoms in total. The lowest BCUT2D eigenvalue weighted by molar-refractivity contribution is -0.153. The lowest BCUT2D eigenvalue weighted by Crippen LogP contribution is -2.58.